The fraction of sp³-hybridized carbons (Fsp3) is 0.176. The summed E-state index contributed by atoms with van der Waals surface area (Å²) in [5.41, 5.74) is -0.00541. The van der Waals surface area contributed by atoms with Crippen molar-refractivity contribution >= 4 is 17.6 Å². The minimum absolute atomic E-state index is 0.00541. The number of carbonyl (C=O) groups is 2. The van der Waals surface area contributed by atoms with Gasteiger partial charge in [0, 0.05) is 0 Å². The molecule has 0 aromatic heterocycles. The minimum atomic E-state index is -0.989. The monoisotopic (exact) mass is 335 g/mol. The van der Waals surface area contributed by atoms with E-state index >= 15 is 0 Å². The maximum atomic E-state index is 13.4. The molecule has 126 valence electrons. The first-order valence-electron chi connectivity index (χ1n) is 7.09. The molecule has 0 spiro atoms. The van der Waals surface area contributed by atoms with E-state index in [1.165, 1.54) is 49.4 Å². The lowest BCUT2D eigenvalue weighted by Crippen LogP contribution is -2.29. The van der Waals surface area contributed by atoms with Crippen LogP contribution < -0.4 is 10.1 Å². The van der Waals surface area contributed by atoms with Crippen molar-refractivity contribution in [3.05, 3.63) is 60.2 Å². The lowest BCUT2D eigenvalue weighted by Gasteiger charge is -2.14. The van der Waals surface area contributed by atoms with E-state index in [1.807, 2.05) is 0 Å². The number of esters is 1. The number of hydrogen-bond acceptors (Lipinski definition) is 4. The Balaban J connectivity index is 1.80. The standard InChI is InChI=1S/C17H15F2NO4/c1-11(24-13-8-6-12(18)7-9-13)17(22)23-10-16(21)20-15-5-3-2-4-14(15)19/h2-9,11H,10H2,1H3,(H,20,21)/t11-/m0/s1. The van der Waals surface area contributed by atoms with Gasteiger partial charge in [0.25, 0.3) is 5.91 Å². The van der Waals surface area contributed by atoms with Crippen molar-refractivity contribution in [1.29, 1.82) is 0 Å². The molecule has 2 aromatic carbocycles. The summed E-state index contributed by atoms with van der Waals surface area (Å²) in [7, 11) is 0. The second-order valence-corrected chi connectivity index (χ2v) is 4.85. The van der Waals surface area contributed by atoms with Gasteiger partial charge < -0.3 is 14.8 Å². The third kappa shape index (κ3) is 5.05. The summed E-state index contributed by atoms with van der Waals surface area (Å²) < 4.78 is 36.2. The number of benzene rings is 2. The van der Waals surface area contributed by atoms with Crippen LogP contribution in [0.4, 0.5) is 14.5 Å². The largest absolute Gasteiger partial charge is 0.479 e. The fourth-order valence-corrected chi connectivity index (χ4v) is 1.77. The van der Waals surface area contributed by atoms with Crippen LogP contribution in [0.5, 0.6) is 5.75 Å². The summed E-state index contributed by atoms with van der Waals surface area (Å²) in [5, 5.41) is 2.29. The third-order valence-corrected chi connectivity index (χ3v) is 2.95. The lowest BCUT2D eigenvalue weighted by atomic mass is 10.3. The first kappa shape index (κ1) is 17.4. The van der Waals surface area contributed by atoms with Gasteiger partial charge in [-0.2, -0.15) is 0 Å². The number of anilines is 1. The zero-order chi connectivity index (χ0) is 17.5. The molecule has 0 aliphatic heterocycles. The summed E-state index contributed by atoms with van der Waals surface area (Å²) in [5.74, 6) is -2.19. The molecule has 0 unspecified atom stereocenters. The van der Waals surface area contributed by atoms with Crippen LogP contribution in [0, 0.1) is 11.6 Å². The molecule has 0 fully saturated rings. The van der Waals surface area contributed by atoms with Crippen molar-refractivity contribution in [2.75, 3.05) is 11.9 Å². The van der Waals surface area contributed by atoms with Gasteiger partial charge in [0.15, 0.2) is 12.7 Å². The Morgan fingerprint density at radius 3 is 2.42 bits per heavy atom. The number of rotatable bonds is 6. The predicted octanol–water partition coefficient (Wildman–Crippen LogP) is 2.91. The highest BCUT2D eigenvalue weighted by Gasteiger charge is 2.18. The summed E-state index contributed by atoms with van der Waals surface area (Å²) in [6, 6.07) is 10.7. The van der Waals surface area contributed by atoms with Crippen molar-refractivity contribution in [1.82, 2.24) is 0 Å². The summed E-state index contributed by atoms with van der Waals surface area (Å²) in [6.07, 6.45) is -0.989. The number of halogens is 2. The van der Waals surface area contributed by atoms with Crippen LogP contribution in [-0.2, 0) is 14.3 Å². The Kier molecular flexibility index (Phi) is 5.83. The molecule has 0 bridgehead atoms. The molecule has 1 N–H and O–H groups in total. The number of hydrogen-bond donors (Lipinski definition) is 1. The van der Waals surface area contributed by atoms with Crippen LogP contribution in [0.3, 0.4) is 0 Å². The highest BCUT2D eigenvalue weighted by molar-refractivity contribution is 5.93. The molecule has 0 radical (unpaired) electrons. The van der Waals surface area contributed by atoms with Gasteiger partial charge in [0.1, 0.15) is 17.4 Å². The topological polar surface area (TPSA) is 64.6 Å². The van der Waals surface area contributed by atoms with Gasteiger partial charge in [-0.05, 0) is 43.3 Å². The lowest BCUT2D eigenvalue weighted by molar-refractivity contribution is -0.153. The van der Waals surface area contributed by atoms with Crippen LogP contribution in [0.1, 0.15) is 6.92 Å². The van der Waals surface area contributed by atoms with Gasteiger partial charge >= 0.3 is 5.97 Å². The van der Waals surface area contributed by atoms with Crippen LogP contribution in [0.25, 0.3) is 0 Å². The molecule has 7 heteroatoms. The molecule has 0 saturated carbocycles. The number of para-hydroxylation sites is 1. The van der Waals surface area contributed by atoms with E-state index < -0.39 is 36.2 Å². The molecular weight excluding hydrogens is 320 g/mol. The molecule has 1 atom stereocenters. The van der Waals surface area contributed by atoms with Gasteiger partial charge in [-0.3, -0.25) is 4.79 Å². The molecule has 0 saturated heterocycles. The molecule has 2 rings (SSSR count). The van der Waals surface area contributed by atoms with E-state index in [-0.39, 0.29) is 11.4 Å². The van der Waals surface area contributed by atoms with E-state index in [0.29, 0.717) is 0 Å². The highest BCUT2D eigenvalue weighted by atomic mass is 19.1. The third-order valence-electron chi connectivity index (χ3n) is 2.95. The molecule has 0 heterocycles. The maximum absolute atomic E-state index is 13.4. The van der Waals surface area contributed by atoms with Crippen LogP contribution in [0.15, 0.2) is 48.5 Å². The zero-order valence-corrected chi connectivity index (χ0v) is 12.8. The van der Waals surface area contributed by atoms with E-state index in [1.54, 1.807) is 6.07 Å². The average Bonchev–Trinajstić information content (AvgIpc) is 2.57. The fourth-order valence-electron chi connectivity index (χ4n) is 1.77. The molecular formula is C17H15F2NO4. The maximum Gasteiger partial charge on any atom is 0.347 e. The second kappa shape index (κ2) is 8.05. The molecule has 1 amide bonds. The Hall–Kier alpha value is -2.96. The van der Waals surface area contributed by atoms with Gasteiger partial charge in [0.05, 0.1) is 5.69 Å². The molecule has 0 aliphatic rings. The second-order valence-electron chi connectivity index (χ2n) is 4.85. The number of ether oxygens (including phenoxy) is 2. The predicted molar refractivity (Wildman–Crippen MR) is 82.5 cm³/mol. The number of carbonyl (C=O) groups excluding carboxylic acids is 2. The summed E-state index contributed by atoms with van der Waals surface area (Å²) in [6.45, 7) is 0.852. The smallest absolute Gasteiger partial charge is 0.347 e. The number of nitrogens with one attached hydrogen (secondary N) is 1. The summed E-state index contributed by atoms with van der Waals surface area (Å²) in [4.78, 5) is 23.4. The Morgan fingerprint density at radius 2 is 1.75 bits per heavy atom. The van der Waals surface area contributed by atoms with Gasteiger partial charge in [-0.1, -0.05) is 12.1 Å². The Morgan fingerprint density at radius 1 is 1.08 bits per heavy atom. The first-order chi connectivity index (χ1) is 11.5. The minimum Gasteiger partial charge on any atom is -0.479 e. The molecule has 5 nitrogen and oxygen atoms in total. The molecule has 2 aromatic rings. The van der Waals surface area contributed by atoms with Crippen molar-refractivity contribution in [2.45, 2.75) is 13.0 Å². The van der Waals surface area contributed by atoms with Crippen molar-refractivity contribution in [3.8, 4) is 5.75 Å². The van der Waals surface area contributed by atoms with Crippen LogP contribution >= 0.6 is 0 Å². The normalized spacial score (nSPS) is 11.5. The van der Waals surface area contributed by atoms with Gasteiger partial charge in [-0.25, -0.2) is 13.6 Å². The first-order valence-corrected chi connectivity index (χ1v) is 7.09. The Labute approximate surface area is 137 Å². The van der Waals surface area contributed by atoms with Crippen molar-refractivity contribution in [2.24, 2.45) is 0 Å². The summed E-state index contributed by atoms with van der Waals surface area (Å²) >= 11 is 0. The molecule has 24 heavy (non-hydrogen) atoms. The van der Waals surface area contributed by atoms with Crippen LogP contribution in [0.2, 0.25) is 0 Å². The average molecular weight is 335 g/mol. The quantitative estimate of drug-likeness (QED) is 0.825. The number of amides is 1. The SMILES string of the molecule is C[C@H](Oc1ccc(F)cc1)C(=O)OCC(=O)Nc1ccccc1F. The van der Waals surface area contributed by atoms with E-state index in [2.05, 4.69) is 5.32 Å². The van der Waals surface area contributed by atoms with E-state index in [4.69, 9.17) is 9.47 Å². The molecule has 0 aliphatic carbocycles. The van der Waals surface area contributed by atoms with Crippen molar-refractivity contribution < 1.29 is 27.8 Å². The van der Waals surface area contributed by atoms with Gasteiger partial charge in [0.2, 0.25) is 0 Å². The Bertz CT molecular complexity index is 719. The van der Waals surface area contributed by atoms with Crippen molar-refractivity contribution in [3.63, 3.8) is 0 Å². The van der Waals surface area contributed by atoms with Gasteiger partial charge in [-0.15, -0.1) is 0 Å². The van der Waals surface area contributed by atoms with E-state index in [0.717, 1.165) is 0 Å². The highest BCUT2D eigenvalue weighted by Crippen LogP contribution is 2.14. The zero-order valence-electron chi connectivity index (χ0n) is 12.8. The van der Waals surface area contributed by atoms with E-state index in [9.17, 15) is 18.4 Å². The van der Waals surface area contributed by atoms with Crippen LogP contribution in [-0.4, -0.2) is 24.6 Å².